The average molecular weight is 300 g/mol. The number of carbonyl (C=O) groups is 1. The van der Waals surface area contributed by atoms with Gasteiger partial charge in [-0.05, 0) is 30.5 Å². The molecule has 1 atom stereocenters. The van der Waals surface area contributed by atoms with E-state index in [-0.39, 0.29) is 27.6 Å². The molecule has 4 N–H and O–H groups in total. The van der Waals surface area contributed by atoms with Crippen LogP contribution in [0.1, 0.15) is 38.1 Å². The molecular formula is C13H20N2O4S. The quantitative estimate of drug-likeness (QED) is 0.733. The first-order valence-corrected chi connectivity index (χ1v) is 7.58. The summed E-state index contributed by atoms with van der Waals surface area (Å²) in [6, 6.07) is 3.26. The summed E-state index contributed by atoms with van der Waals surface area (Å²) < 4.78 is 27.1. The standard InChI is InChI=1S/C13H20N2O4S/c1-8(13(2,3)4)15-20(18,19)11-6-5-9(12(16)17)7-10(11)14/h5-8,15H,14H2,1-4H3,(H,16,17). The van der Waals surface area contributed by atoms with E-state index in [0.29, 0.717) is 0 Å². The second-order valence-electron chi connectivity index (χ2n) is 5.77. The van der Waals surface area contributed by atoms with E-state index < -0.39 is 16.0 Å². The Morgan fingerprint density at radius 1 is 1.35 bits per heavy atom. The van der Waals surface area contributed by atoms with Gasteiger partial charge in [0.15, 0.2) is 0 Å². The molecule has 0 bridgehead atoms. The molecule has 0 aliphatic heterocycles. The molecule has 20 heavy (non-hydrogen) atoms. The zero-order valence-corrected chi connectivity index (χ0v) is 12.8. The molecular weight excluding hydrogens is 280 g/mol. The van der Waals surface area contributed by atoms with E-state index in [1.165, 1.54) is 12.1 Å². The zero-order chi connectivity index (χ0) is 15.7. The Bertz CT molecular complexity index is 618. The van der Waals surface area contributed by atoms with Crippen molar-refractivity contribution in [2.45, 2.75) is 38.6 Å². The Labute approximate surface area is 119 Å². The number of hydrogen-bond donors (Lipinski definition) is 3. The number of benzene rings is 1. The van der Waals surface area contributed by atoms with Gasteiger partial charge in [-0.2, -0.15) is 0 Å². The number of anilines is 1. The predicted octanol–water partition coefficient (Wildman–Crippen LogP) is 1.68. The number of carboxylic acid groups (broad SMARTS) is 1. The van der Waals surface area contributed by atoms with Crippen LogP contribution in [-0.4, -0.2) is 25.5 Å². The van der Waals surface area contributed by atoms with E-state index in [4.69, 9.17) is 10.8 Å². The Morgan fingerprint density at radius 2 is 1.90 bits per heavy atom. The fourth-order valence-corrected chi connectivity index (χ4v) is 2.96. The third-order valence-corrected chi connectivity index (χ3v) is 4.79. The highest BCUT2D eigenvalue weighted by molar-refractivity contribution is 7.89. The van der Waals surface area contributed by atoms with Crippen LogP contribution in [0.15, 0.2) is 23.1 Å². The van der Waals surface area contributed by atoms with Gasteiger partial charge in [-0.25, -0.2) is 17.9 Å². The molecule has 0 fully saturated rings. The van der Waals surface area contributed by atoms with E-state index in [2.05, 4.69) is 4.72 Å². The van der Waals surface area contributed by atoms with Crippen molar-refractivity contribution in [2.75, 3.05) is 5.73 Å². The number of rotatable bonds is 4. The molecule has 0 radical (unpaired) electrons. The number of sulfonamides is 1. The number of aromatic carboxylic acids is 1. The van der Waals surface area contributed by atoms with Gasteiger partial charge in [-0.3, -0.25) is 0 Å². The summed E-state index contributed by atoms with van der Waals surface area (Å²) in [5.74, 6) is -1.16. The maximum atomic E-state index is 12.3. The van der Waals surface area contributed by atoms with E-state index in [1.807, 2.05) is 20.8 Å². The van der Waals surface area contributed by atoms with Crippen molar-refractivity contribution in [2.24, 2.45) is 5.41 Å². The number of nitrogen functional groups attached to an aromatic ring is 1. The number of nitrogens with one attached hydrogen (secondary N) is 1. The summed E-state index contributed by atoms with van der Waals surface area (Å²) in [4.78, 5) is 10.7. The maximum Gasteiger partial charge on any atom is 0.335 e. The highest BCUT2D eigenvalue weighted by atomic mass is 32.2. The van der Waals surface area contributed by atoms with Crippen molar-refractivity contribution in [1.29, 1.82) is 0 Å². The monoisotopic (exact) mass is 300 g/mol. The first kappa shape index (κ1) is 16.5. The first-order chi connectivity index (χ1) is 8.95. The summed E-state index contributed by atoms with van der Waals surface area (Å²) >= 11 is 0. The molecule has 0 amide bonds. The minimum atomic E-state index is -3.78. The molecule has 0 heterocycles. The van der Waals surface area contributed by atoms with Gasteiger partial charge < -0.3 is 10.8 Å². The lowest BCUT2D eigenvalue weighted by atomic mass is 9.89. The largest absolute Gasteiger partial charge is 0.478 e. The van der Waals surface area contributed by atoms with Gasteiger partial charge in [0, 0.05) is 6.04 Å². The van der Waals surface area contributed by atoms with Crippen molar-refractivity contribution in [3.05, 3.63) is 23.8 Å². The van der Waals surface area contributed by atoms with E-state index in [0.717, 1.165) is 6.07 Å². The smallest absolute Gasteiger partial charge is 0.335 e. The van der Waals surface area contributed by atoms with Crippen LogP contribution in [0.4, 0.5) is 5.69 Å². The van der Waals surface area contributed by atoms with Gasteiger partial charge in [0.05, 0.1) is 11.3 Å². The maximum absolute atomic E-state index is 12.3. The fraction of sp³-hybridized carbons (Fsp3) is 0.462. The van der Waals surface area contributed by atoms with Crippen molar-refractivity contribution in [3.8, 4) is 0 Å². The summed E-state index contributed by atoms with van der Waals surface area (Å²) in [5.41, 5.74) is 5.27. The van der Waals surface area contributed by atoms with Crippen LogP contribution in [-0.2, 0) is 10.0 Å². The second-order valence-corrected chi connectivity index (χ2v) is 7.45. The molecule has 0 aromatic heterocycles. The molecule has 1 aromatic carbocycles. The van der Waals surface area contributed by atoms with Gasteiger partial charge in [0.25, 0.3) is 0 Å². The van der Waals surface area contributed by atoms with Crippen LogP contribution in [0, 0.1) is 5.41 Å². The third kappa shape index (κ3) is 3.71. The Morgan fingerprint density at radius 3 is 2.30 bits per heavy atom. The molecule has 0 aliphatic carbocycles. The number of carboxylic acids is 1. The topological polar surface area (TPSA) is 109 Å². The third-order valence-electron chi connectivity index (χ3n) is 3.18. The highest BCUT2D eigenvalue weighted by Gasteiger charge is 2.27. The highest BCUT2D eigenvalue weighted by Crippen LogP contribution is 2.24. The molecule has 0 saturated heterocycles. The normalized spacial score (nSPS) is 14.0. The number of nitrogens with two attached hydrogens (primary N) is 1. The van der Waals surface area contributed by atoms with Crippen LogP contribution in [0.3, 0.4) is 0 Å². The second kappa shape index (κ2) is 5.41. The van der Waals surface area contributed by atoms with Crippen molar-refractivity contribution < 1.29 is 18.3 Å². The molecule has 7 heteroatoms. The van der Waals surface area contributed by atoms with E-state index in [9.17, 15) is 13.2 Å². The molecule has 1 rings (SSSR count). The predicted molar refractivity (Wildman–Crippen MR) is 77.1 cm³/mol. The van der Waals surface area contributed by atoms with Crippen LogP contribution >= 0.6 is 0 Å². The SMILES string of the molecule is CC(NS(=O)(=O)c1ccc(C(=O)O)cc1N)C(C)(C)C. The van der Waals surface area contributed by atoms with Gasteiger partial charge >= 0.3 is 5.97 Å². The summed E-state index contributed by atoms with van der Waals surface area (Å²) in [5, 5.41) is 8.83. The number of hydrogen-bond acceptors (Lipinski definition) is 4. The summed E-state index contributed by atoms with van der Waals surface area (Å²) in [6.45, 7) is 7.50. The molecule has 1 unspecified atom stereocenters. The minimum Gasteiger partial charge on any atom is -0.478 e. The molecule has 0 aliphatic rings. The summed E-state index contributed by atoms with van der Waals surface area (Å²) in [6.07, 6.45) is 0. The van der Waals surface area contributed by atoms with E-state index in [1.54, 1.807) is 6.92 Å². The van der Waals surface area contributed by atoms with Crippen LogP contribution in [0.25, 0.3) is 0 Å². The van der Waals surface area contributed by atoms with Gasteiger partial charge in [0.1, 0.15) is 4.90 Å². The molecule has 112 valence electrons. The lowest BCUT2D eigenvalue weighted by Crippen LogP contribution is -2.41. The zero-order valence-electron chi connectivity index (χ0n) is 12.0. The Hall–Kier alpha value is -1.60. The average Bonchev–Trinajstić information content (AvgIpc) is 2.26. The van der Waals surface area contributed by atoms with E-state index >= 15 is 0 Å². The van der Waals surface area contributed by atoms with Crippen molar-refractivity contribution in [1.82, 2.24) is 4.72 Å². The van der Waals surface area contributed by atoms with Crippen LogP contribution in [0.2, 0.25) is 0 Å². The molecule has 1 aromatic rings. The lowest BCUT2D eigenvalue weighted by Gasteiger charge is -2.28. The minimum absolute atomic E-state index is 0.0506. The lowest BCUT2D eigenvalue weighted by molar-refractivity contribution is 0.0697. The van der Waals surface area contributed by atoms with Crippen LogP contribution in [0.5, 0.6) is 0 Å². The summed E-state index contributed by atoms with van der Waals surface area (Å²) in [7, 11) is -3.78. The molecule has 0 saturated carbocycles. The van der Waals surface area contributed by atoms with Gasteiger partial charge in [0.2, 0.25) is 10.0 Å². The molecule has 0 spiro atoms. The Balaban J connectivity index is 3.14. The fourth-order valence-electron chi connectivity index (χ4n) is 1.40. The first-order valence-electron chi connectivity index (χ1n) is 6.10. The van der Waals surface area contributed by atoms with Gasteiger partial charge in [-0.1, -0.05) is 20.8 Å². The van der Waals surface area contributed by atoms with Crippen molar-refractivity contribution >= 4 is 21.7 Å². The van der Waals surface area contributed by atoms with Gasteiger partial charge in [-0.15, -0.1) is 0 Å². The molecule has 6 nitrogen and oxygen atoms in total. The Kier molecular flexibility index (Phi) is 4.45. The van der Waals surface area contributed by atoms with Crippen LogP contribution < -0.4 is 10.5 Å². The van der Waals surface area contributed by atoms with Crippen molar-refractivity contribution in [3.63, 3.8) is 0 Å².